The third-order valence-electron chi connectivity index (χ3n) is 5.33. The minimum Gasteiger partial charge on any atom is -0.337 e. The molecule has 2 fully saturated rings. The first-order chi connectivity index (χ1) is 13.1. The molecular formula is C20H22FN3O2S. The van der Waals surface area contributed by atoms with Crippen LogP contribution in [0, 0.1) is 5.82 Å². The smallest absolute Gasteiger partial charge is 0.263 e. The van der Waals surface area contributed by atoms with Crippen LogP contribution in [0.4, 0.5) is 4.39 Å². The van der Waals surface area contributed by atoms with Crippen molar-refractivity contribution in [2.75, 3.05) is 32.7 Å². The summed E-state index contributed by atoms with van der Waals surface area (Å²) in [6, 6.07) is 9.86. The number of amides is 2. The predicted molar refractivity (Wildman–Crippen MR) is 102 cm³/mol. The van der Waals surface area contributed by atoms with Gasteiger partial charge in [-0.1, -0.05) is 18.2 Å². The summed E-state index contributed by atoms with van der Waals surface area (Å²) in [6.45, 7) is 3.93. The second-order valence-electron chi connectivity index (χ2n) is 7.00. The molecule has 1 unspecified atom stereocenters. The van der Waals surface area contributed by atoms with Crippen LogP contribution in [0.1, 0.15) is 21.7 Å². The second kappa shape index (κ2) is 7.78. The van der Waals surface area contributed by atoms with Gasteiger partial charge in [-0.2, -0.15) is 0 Å². The van der Waals surface area contributed by atoms with E-state index in [0.29, 0.717) is 32.6 Å². The molecule has 0 radical (unpaired) electrons. The average molecular weight is 387 g/mol. The maximum atomic E-state index is 13.1. The molecule has 7 heteroatoms. The summed E-state index contributed by atoms with van der Waals surface area (Å²) >= 11 is 1.45. The first-order valence-electron chi connectivity index (χ1n) is 9.22. The third kappa shape index (κ3) is 3.89. The number of halogens is 1. The molecule has 2 saturated heterocycles. The van der Waals surface area contributed by atoms with Gasteiger partial charge in [-0.3, -0.25) is 14.5 Å². The van der Waals surface area contributed by atoms with Crippen LogP contribution in [0.15, 0.2) is 41.8 Å². The molecule has 0 spiro atoms. The molecule has 0 saturated carbocycles. The number of nitrogens with zero attached hydrogens (tertiary/aromatic N) is 3. The Labute approximate surface area is 162 Å². The third-order valence-corrected chi connectivity index (χ3v) is 6.19. The number of thiophene rings is 1. The van der Waals surface area contributed by atoms with Crippen molar-refractivity contribution in [2.24, 2.45) is 0 Å². The van der Waals surface area contributed by atoms with Gasteiger partial charge in [0.25, 0.3) is 5.91 Å². The van der Waals surface area contributed by atoms with E-state index in [1.807, 2.05) is 27.3 Å². The molecule has 1 atom stereocenters. The van der Waals surface area contributed by atoms with Crippen molar-refractivity contribution in [2.45, 2.75) is 19.0 Å². The molecule has 5 nitrogen and oxygen atoms in total. The summed E-state index contributed by atoms with van der Waals surface area (Å²) in [5, 5.41) is 1.91. The number of carbonyl (C=O) groups is 2. The van der Waals surface area contributed by atoms with Gasteiger partial charge in [0, 0.05) is 39.3 Å². The number of benzene rings is 1. The fourth-order valence-corrected chi connectivity index (χ4v) is 4.51. The molecule has 4 rings (SSSR count). The van der Waals surface area contributed by atoms with Crippen molar-refractivity contribution < 1.29 is 14.0 Å². The van der Waals surface area contributed by atoms with E-state index in [2.05, 4.69) is 4.90 Å². The van der Waals surface area contributed by atoms with Gasteiger partial charge in [0.1, 0.15) is 5.82 Å². The van der Waals surface area contributed by atoms with Gasteiger partial charge < -0.3 is 9.80 Å². The van der Waals surface area contributed by atoms with Gasteiger partial charge in [-0.15, -0.1) is 11.3 Å². The quantitative estimate of drug-likeness (QED) is 0.813. The van der Waals surface area contributed by atoms with Gasteiger partial charge in [-0.05, 0) is 35.6 Å². The normalized spacial score (nSPS) is 21.1. The maximum absolute atomic E-state index is 13.1. The summed E-state index contributed by atoms with van der Waals surface area (Å²) in [5.41, 5.74) is 0.932. The lowest BCUT2D eigenvalue weighted by atomic mass is 10.1. The van der Waals surface area contributed by atoms with Crippen molar-refractivity contribution in [3.63, 3.8) is 0 Å². The lowest BCUT2D eigenvalue weighted by molar-refractivity contribution is -0.142. The average Bonchev–Trinajstić information content (AvgIpc) is 3.12. The molecule has 2 aliphatic rings. The Hall–Kier alpha value is -2.25. The molecular weight excluding hydrogens is 365 g/mol. The highest BCUT2D eigenvalue weighted by Crippen LogP contribution is 2.21. The number of hydrogen-bond donors (Lipinski definition) is 0. The van der Waals surface area contributed by atoms with Crippen LogP contribution >= 0.6 is 11.3 Å². The Morgan fingerprint density at radius 2 is 1.85 bits per heavy atom. The van der Waals surface area contributed by atoms with Crippen LogP contribution in [-0.2, 0) is 11.3 Å². The van der Waals surface area contributed by atoms with Gasteiger partial charge in [0.05, 0.1) is 10.9 Å². The zero-order valence-corrected chi connectivity index (χ0v) is 15.8. The predicted octanol–water partition coefficient (Wildman–Crippen LogP) is 2.45. The van der Waals surface area contributed by atoms with Crippen molar-refractivity contribution in [1.82, 2.24) is 14.7 Å². The number of rotatable bonds is 3. The lowest BCUT2D eigenvalue weighted by Crippen LogP contribution is -2.56. The highest BCUT2D eigenvalue weighted by molar-refractivity contribution is 7.12. The Balaban J connectivity index is 1.41. The highest BCUT2D eigenvalue weighted by Gasteiger charge is 2.37. The number of carbonyl (C=O) groups excluding carboxylic acids is 2. The van der Waals surface area contributed by atoms with Gasteiger partial charge in [0.15, 0.2) is 0 Å². The Morgan fingerprint density at radius 3 is 2.59 bits per heavy atom. The van der Waals surface area contributed by atoms with E-state index in [1.54, 1.807) is 12.1 Å². The highest BCUT2D eigenvalue weighted by atomic mass is 32.1. The lowest BCUT2D eigenvalue weighted by Gasteiger charge is -2.39. The number of piperazine rings is 1. The van der Waals surface area contributed by atoms with Crippen molar-refractivity contribution >= 4 is 23.2 Å². The van der Waals surface area contributed by atoms with Crippen LogP contribution in [0.2, 0.25) is 0 Å². The Morgan fingerprint density at radius 1 is 1.07 bits per heavy atom. The topological polar surface area (TPSA) is 43.9 Å². The van der Waals surface area contributed by atoms with Gasteiger partial charge >= 0.3 is 0 Å². The molecule has 0 aliphatic carbocycles. The van der Waals surface area contributed by atoms with Crippen LogP contribution < -0.4 is 0 Å². The van der Waals surface area contributed by atoms with Gasteiger partial charge in [0.2, 0.25) is 5.91 Å². The van der Waals surface area contributed by atoms with E-state index in [-0.39, 0.29) is 23.7 Å². The molecule has 0 bridgehead atoms. The standard InChI is InChI=1S/C20H22FN3O2S/c21-16-5-3-15(4-6-16)14-24-12-10-22-9-11-23(8-7-17(22)19(24)25)20(26)18-2-1-13-27-18/h1-6,13,17H,7-12,14H2. The van der Waals surface area contributed by atoms with Crippen LogP contribution in [0.5, 0.6) is 0 Å². The van der Waals surface area contributed by atoms with E-state index in [0.717, 1.165) is 23.5 Å². The van der Waals surface area contributed by atoms with Crippen LogP contribution in [0.3, 0.4) is 0 Å². The van der Waals surface area contributed by atoms with E-state index in [9.17, 15) is 14.0 Å². The number of hydrogen-bond acceptors (Lipinski definition) is 4. The molecule has 2 amide bonds. The molecule has 2 aromatic rings. The second-order valence-corrected chi connectivity index (χ2v) is 7.94. The SMILES string of the molecule is O=C(c1cccs1)N1CCC2C(=O)N(Cc3ccc(F)cc3)CCN2CC1. The largest absolute Gasteiger partial charge is 0.337 e. The molecule has 142 valence electrons. The number of fused-ring (bicyclic) bond motifs is 1. The zero-order valence-electron chi connectivity index (χ0n) is 15.0. The Kier molecular flexibility index (Phi) is 5.22. The summed E-state index contributed by atoms with van der Waals surface area (Å²) in [7, 11) is 0. The van der Waals surface area contributed by atoms with E-state index < -0.39 is 0 Å². The minimum absolute atomic E-state index is 0.0560. The molecule has 0 N–H and O–H groups in total. The molecule has 1 aromatic carbocycles. The molecule has 27 heavy (non-hydrogen) atoms. The van der Waals surface area contributed by atoms with Crippen LogP contribution in [0.25, 0.3) is 0 Å². The van der Waals surface area contributed by atoms with E-state index in [4.69, 9.17) is 0 Å². The molecule has 3 heterocycles. The maximum Gasteiger partial charge on any atom is 0.263 e. The summed E-state index contributed by atoms with van der Waals surface area (Å²) in [6.07, 6.45) is 0.649. The van der Waals surface area contributed by atoms with Gasteiger partial charge in [-0.25, -0.2) is 4.39 Å². The fourth-order valence-electron chi connectivity index (χ4n) is 3.82. The van der Waals surface area contributed by atoms with Crippen molar-refractivity contribution in [3.05, 3.63) is 58.0 Å². The first kappa shape index (κ1) is 18.1. The monoisotopic (exact) mass is 387 g/mol. The van der Waals surface area contributed by atoms with Crippen LogP contribution in [-0.4, -0.2) is 65.3 Å². The van der Waals surface area contributed by atoms with E-state index in [1.165, 1.54) is 23.5 Å². The molecule has 2 aliphatic heterocycles. The Bertz CT molecular complexity index is 809. The molecule has 1 aromatic heterocycles. The zero-order chi connectivity index (χ0) is 18.8. The first-order valence-corrected chi connectivity index (χ1v) is 10.1. The summed E-state index contributed by atoms with van der Waals surface area (Å²) in [5.74, 6) is -0.106. The fraction of sp³-hybridized carbons (Fsp3) is 0.400. The van der Waals surface area contributed by atoms with Crippen molar-refractivity contribution in [3.8, 4) is 0 Å². The van der Waals surface area contributed by atoms with Crippen molar-refractivity contribution in [1.29, 1.82) is 0 Å². The summed E-state index contributed by atoms with van der Waals surface area (Å²) < 4.78 is 13.1. The summed E-state index contributed by atoms with van der Waals surface area (Å²) in [4.78, 5) is 32.3. The van der Waals surface area contributed by atoms with E-state index >= 15 is 0 Å². The minimum atomic E-state index is -0.269.